The van der Waals surface area contributed by atoms with Crippen molar-refractivity contribution in [3.63, 3.8) is 0 Å². The second-order valence-corrected chi connectivity index (χ2v) is 5.14. The van der Waals surface area contributed by atoms with Crippen molar-refractivity contribution in [2.45, 2.75) is 13.5 Å². The van der Waals surface area contributed by atoms with Gasteiger partial charge in [0.1, 0.15) is 0 Å². The third-order valence-electron chi connectivity index (χ3n) is 2.45. The molecule has 0 N–H and O–H groups in total. The minimum Gasteiger partial charge on any atom is -0.341 e. The van der Waals surface area contributed by atoms with Gasteiger partial charge in [-0.2, -0.15) is 0 Å². The molecule has 0 saturated heterocycles. The Morgan fingerprint density at radius 3 is 2.59 bits per heavy atom. The number of amides is 1. The summed E-state index contributed by atoms with van der Waals surface area (Å²) in [7, 11) is 1.73. The summed E-state index contributed by atoms with van der Waals surface area (Å²) in [4.78, 5) is 13.4. The average molecular weight is 295 g/mol. The Kier molecular flexibility index (Phi) is 5.57. The van der Waals surface area contributed by atoms with Crippen LogP contribution in [0.3, 0.4) is 0 Å². The molecule has 1 aromatic rings. The van der Waals surface area contributed by atoms with E-state index < -0.39 is 0 Å². The standard InChI is InChI=1S/C12H14Cl3NO/c1-8(6-13)12(17)16(2)7-9-3-4-10(14)5-11(9)15/h3-5,8H,6-7H2,1-2H3. The van der Waals surface area contributed by atoms with Crippen molar-refractivity contribution >= 4 is 40.7 Å². The number of benzene rings is 1. The van der Waals surface area contributed by atoms with Crippen molar-refractivity contribution in [2.24, 2.45) is 5.92 Å². The summed E-state index contributed by atoms with van der Waals surface area (Å²) in [5.41, 5.74) is 0.869. The Balaban J connectivity index is 2.74. The van der Waals surface area contributed by atoms with Gasteiger partial charge in [0.2, 0.25) is 5.91 Å². The number of hydrogen-bond donors (Lipinski definition) is 0. The maximum atomic E-state index is 11.8. The Morgan fingerprint density at radius 2 is 2.06 bits per heavy atom. The van der Waals surface area contributed by atoms with Gasteiger partial charge in [-0.15, -0.1) is 11.6 Å². The first-order valence-corrected chi connectivity index (χ1v) is 6.49. The van der Waals surface area contributed by atoms with E-state index in [1.807, 2.05) is 6.07 Å². The van der Waals surface area contributed by atoms with Gasteiger partial charge in [-0.3, -0.25) is 4.79 Å². The Morgan fingerprint density at radius 1 is 1.41 bits per heavy atom. The monoisotopic (exact) mass is 293 g/mol. The molecule has 5 heteroatoms. The second kappa shape index (κ2) is 6.48. The van der Waals surface area contributed by atoms with Gasteiger partial charge in [0.05, 0.1) is 0 Å². The van der Waals surface area contributed by atoms with E-state index in [1.54, 1.807) is 31.0 Å². The molecule has 94 valence electrons. The number of carbonyl (C=O) groups excluding carboxylic acids is 1. The molecule has 0 bridgehead atoms. The van der Waals surface area contributed by atoms with E-state index in [4.69, 9.17) is 34.8 Å². The smallest absolute Gasteiger partial charge is 0.226 e. The predicted octanol–water partition coefficient (Wildman–Crippen LogP) is 3.83. The molecule has 0 heterocycles. The molecule has 0 aromatic heterocycles. The molecular weight excluding hydrogens is 280 g/mol. The summed E-state index contributed by atoms with van der Waals surface area (Å²) in [6.07, 6.45) is 0. The fourth-order valence-electron chi connectivity index (χ4n) is 1.43. The van der Waals surface area contributed by atoms with Crippen LogP contribution in [0.2, 0.25) is 10.0 Å². The zero-order valence-electron chi connectivity index (χ0n) is 9.71. The van der Waals surface area contributed by atoms with Gasteiger partial charge in [-0.05, 0) is 17.7 Å². The minimum atomic E-state index is -0.187. The first-order chi connectivity index (χ1) is 7.95. The molecule has 1 aromatic carbocycles. The van der Waals surface area contributed by atoms with E-state index in [9.17, 15) is 4.79 Å². The van der Waals surface area contributed by atoms with Crippen molar-refractivity contribution in [2.75, 3.05) is 12.9 Å². The predicted molar refractivity (Wildman–Crippen MR) is 72.8 cm³/mol. The highest BCUT2D eigenvalue weighted by molar-refractivity contribution is 6.35. The van der Waals surface area contributed by atoms with Crippen LogP contribution in [0.5, 0.6) is 0 Å². The largest absolute Gasteiger partial charge is 0.341 e. The van der Waals surface area contributed by atoms with E-state index in [1.165, 1.54) is 0 Å². The molecule has 1 rings (SSSR count). The van der Waals surface area contributed by atoms with Crippen molar-refractivity contribution < 1.29 is 4.79 Å². The van der Waals surface area contributed by atoms with Crippen molar-refractivity contribution in [3.05, 3.63) is 33.8 Å². The van der Waals surface area contributed by atoms with Crippen molar-refractivity contribution in [1.29, 1.82) is 0 Å². The van der Waals surface area contributed by atoms with Gasteiger partial charge in [-0.1, -0.05) is 36.2 Å². The minimum absolute atomic E-state index is 0.00557. The van der Waals surface area contributed by atoms with Gasteiger partial charge in [0, 0.05) is 35.4 Å². The van der Waals surface area contributed by atoms with E-state index in [-0.39, 0.29) is 11.8 Å². The van der Waals surface area contributed by atoms with E-state index in [2.05, 4.69) is 0 Å². The molecule has 0 radical (unpaired) electrons. The maximum absolute atomic E-state index is 11.8. The molecule has 0 aliphatic heterocycles. The van der Waals surface area contributed by atoms with Crippen LogP contribution >= 0.6 is 34.8 Å². The molecule has 0 aliphatic rings. The van der Waals surface area contributed by atoms with Gasteiger partial charge >= 0.3 is 0 Å². The summed E-state index contributed by atoms with van der Waals surface area (Å²) in [5, 5.41) is 1.15. The summed E-state index contributed by atoms with van der Waals surface area (Å²) >= 11 is 17.5. The van der Waals surface area contributed by atoms with Gasteiger partial charge in [-0.25, -0.2) is 0 Å². The van der Waals surface area contributed by atoms with Crippen molar-refractivity contribution in [3.8, 4) is 0 Å². The summed E-state index contributed by atoms with van der Waals surface area (Å²) < 4.78 is 0. The second-order valence-electron chi connectivity index (χ2n) is 3.99. The van der Waals surface area contributed by atoms with Crippen LogP contribution in [0.15, 0.2) is 18.2 Å². The molecular formula is C12H14Cl3NO. The molecule has 17 heavy (non-hydrogen) atoms. The van der Waals surface area contributed by atoms with Crippen LogP contribution in [0, 0.1) is 5.92 Å². The number of carbonyl (C=O) groups is 1. The lowest BCUT2D eigenvalue weighted by Crippen LogP contribution is -2.32. The first-order valence-electron chi connectivity index (χ1n) is 5.20. The van der Waals surface area contributed by atoms with Crippen molar-refractivity contribution in [1.82, 2.24) is 4.90 Å². The normalized spacial score (nSPS) is 12.3. The maximum Gasteiger partial charge on any atom is 0.226 e. The van der Waals surface area contributed by atoms with Crippen LogP contribution in [0.25, 0.3) is 0 Å². The van der Waals surface area contributed by atoms with E-state index in [0.29, 0.717) is 22.5 Å². The molecule has 0 saturated carbocycles. The Hall–Kier alpha value is -0.440. The fraction of sp³-hybridized carbons (Fsp3) is 0.417. The lowest BCUT2D eigenvalue weighted by atomic mass is 10.1. The number of halogens is 3. The lowest BCUT2D eigenvalue weighted by Gasteiger charge is -2.20. The van der Waals surface area contributed by atoms with Gasteiger partial charge in [0.25, 0.3) is 0 Å². The number of hydrogen-bond acceptors (Lipinski definition) is 1. The first kappa shape index (κ1) is 14.6. The molecule has 0 fully saturated rings. The highest BCUT2D eigenvalue weighted by Crippen LogP contribution is 2.22. The highest BCUT2D eigenvalue weighted by atomic mass is 35.5. The van der Waals surface area contributed by atoms with Crippen LogP contribution in [0.1, 0.15) is 12.5 Å². The highest BCUT2D eigenvalue weighted by Gasteiger charge is 2.17. The van der Waals surface area contributed by atoms with E-state index >= 15 is 0 Å². The quantitative estimate of drug-likeness (QED) is 0.773. The summed E-state index contributed by atoms with van der Waals surface area (Å²) in [6, 6.07) is 5.24. The lowest BCUT2D eigenvalue weighted by molar-refractivity contribution is -0.133. The zero-order valence-corrected chi connectivity index (χ0v) is 12.0. The topological polar surface area (TPSA) is 20.3 Å². The molecule has 2 nitrogen and oxygen atoms in total. The molecule has 0 spiro atoms. The number of alkyl halides is 1. The Bertz CT molecular complexity index is 409. The SMILES string of the molecule is CC(CCl)C(=O)N(C)Cc1ccc(Cl)cc1Cl. The third-order valence-corrected chi connectivity index (χ3v) is 3.50. The Labute approximate surface area is 116 Å². The van der Waals surface area contributed by atoms with Gasteiger partial charge in [0.15, 0.2) is 0 Å². The number of nitrogens with zero attached hydrogens (tertiary/aromatic N) is 1. The van der Waals surface area contributed by atoms with E-state index in [0.717, 1.165) is 5.56 Å². The molecule has 0 aliphatic carbocycles. The summed E-state index contributed by atoms with van der Waals surface area (Å²) in [5.74, 6) is 0.135. The van der Waals surface area contributed by atoms with Crippen LogP contribution in [-0.4, -0.2) is 23.7 Å². The van der Waals surface area contributed by atoms with Gasteiger partial charge < -0.3 is 4.90 Å². The molecule has 1 unspecified atom stereocenters. The summed E-state index contributed by atoms with van der Waals surface area (Å²) in [6.45, 7) is 2.26. The zero-order chi connectivity index (χ0) is 13.0. The molecule has 1 atom stereocenters. The fourth-order valence-corrected chi connectivity index (χ4v) is 2.03. The van der Waals surface area contributed by atoms with Crippen LogP contribution in [0.4, 0.5) is 0 Å². The number of rotatable bonds is 4. The third kappa shape index (κ3) is 4.06. The van der Waals surface area contributed by atoms with Crippen LogP contribution < -0.4 is 0 Å². The van der Waals surface area contributed by atoms with Crippen LogP contribution in [-0.2, 0) is 11.3 Å². The average Bonchev–Trinajstić information content (AvgIpc) is 2.30. The molecule has 1 amide bonds.